The van der Waals surface area contributed by atoms with Gasteiger partial charge in [-0.1, -0.05) is 0 Å². The van der Waals surface area contributed by atoms with E-state index in [1.54, 1.807) is 30.7 Å². The third-order valence-electron chi connectivity index (χ3n) is 1.74. The lowest BCUT2D eigenvalue weighted by molar-refractivity contribution is 0.0966. The first kappa shape index (κ1) is 7.86. The van der Waals surface area contributed by atoms with Crippen LogP contribution in [0.4, 0.5) is 0 Å². The summed E-state index contributed by atoms with van der Waals surface area (Å²) in [6.45, 7) is 0. The van der Waals surface area contributed by atoms with Crippen LogP contribution in [-0.2, 0) is 6.42 Å². The molecule has 0 fully saturated rings. The van der Waals surface area contributed by atoms with Crippen LogP contribution in [0.3, 0.4) is 0 Å². The van der Waals surface area contributed by atoms with Gasteiger partial charge in [0, 0.05) is 6.42 Å². The van der Waals surface area contributed by atoms with Crippen molar-refractivity contribution in [3.05, 3.63) is 48.3 Å². The minimum Gasteiger partial charge on any atom is -0.472 e. The number of hydrogen-bond donors (Lipinski definition) is 0. The Bertz CT molecular complexity index is 370. The Labute approximate surface area is 75.0 Å². The average molecular weight is 176 g/mol. The molecule has 0 saturated carbocycles. The summed E-state index contributed by atoms with van der Waals surface area (Å²) in [6, 6.07) is 5.12. The zero-order chi connectivity index (χ0) is 9.10. The van der Waals surface area contributed by atoms with Crippen LogP contribution in [0.5, 0.6) is 0 Å². The van der Waals surface area contributed by atoms with Crippen LogP contribution in [0.25, 0.3) is 0 Å². The van der Waals surface area contributed by atoms with E-state index in [1.807, 2.05) is 0 Å². The second-order valence-electron chi connectivity index (χ2n) is 2.71. The normalized spacial score (nSPS) is 10.2. The van der Waals surface area contributed by atoms with Gasteiger partial charge < -0.3 is 8.83 Å². The third kappa shape index (κ3) is 1.69. The van der Waals surface area contributed by atoms with Crippen molar-refractivity contribution in [1.29, 1.82) is 0 Å². The van der Waals surface area contributed by atoms with Gasteiger partial charge >= 0.3 is 0 Å². The Hall–Kier alpha value is -1.77. The van der Waals surface area contributed by atoms with Crippen LogP contribution in [0.15, 0.2) is 45.8 Å². The van der Waals surface area contributed by atoms with Crippen LogP contribution >= 0.6 is 0 Å². The van der Waals surface area contributed by atoms with Gasteiger partial charge in [-0.15, -0.1) is 0 Å². The van der Waals surface area contributed by atoms with Gasteiger partial charge in [0.05, 0.1) is 18.8 Å². The number of furan rings is 2. The van der Waals surface area contributed by atoms with Gasteiger partial charge in [0.1, 0.15) is 0 Å². The van der Waals surface area contributed by atoms with Crippen LogP contribution in [0, 0.1) is 0 Å². The highest BCUT2D eigenvalue weighted by Crippen LogP contribution is 2.08. The first-order valence-electron chi connectivity index (χ1n) is 3.94. The number of rotatable bonds is 3. The SMILES string of the molecule is O=C(Cc1ccoc1)c1ccco1. The molecule has 0 aromatic carbocycles. The fourth-order valence-electron chi connectivity index (χ4n) is 1.10. The first-order chi connectivity index (χ1) is 6.36. The lowest BCUT2D eigenvalue weighted by atomic mass is 10.1. The van der Waals surface area contributed by atoms with Crippen molar-refractivity contribution in [3.63, 3.8) is 0 Å². The summed E-state index contributed by atoms with van der Waals surface area (Å²) in [5.41, 5.74) is 0.862. The molecule has 2 rings (SSSR count). The van der Waals surface area contributed by atoms with Gasteiger partial charge in [0.2, 0.25) is 5.78 Å². The molecule has 3 heteroatoms. The zero-order valence-electron chi connectivity index (χ0n) is 6.90. The van der Waals surface area contributed by atoms with Crippen molar-refractivity contribution in [2.75, 3.05) is 0 Å². The molecule has 0 atom stereocenters. The van der Waals surface area contributed by atoms with Crippen LogP contribution in [-0.4, -0.2) is 5.78 Å². The van der Waals surface area contributed by atoms with Crippen molar-refractivity contribution >= 4 is 5.78 Å². The van der Waals surface area contributed by atoms with Crippen molar-refractivity contribution < 1.29 is 13.6 Å². The lowest BCUT2D eigenvalue weighted by Gasteiger charge is -1.92. The minimum atomic E-state index is -0.0357. The monoisotopic (exact) mass is 176 g/mol. The Balaban J connectivity index is 2.08. The van der Waals surface area contributed by atoms with E-state index in [1.165, 1.54) is 6.26 Å². The van der Waals surface area contributed by atoms with Crippen LogP contribution < -0.4 is 0 Å². The number of carbonyl (C=O) groups excluding carboxylic acids is 1. The van der Waals surface area contributed by atoms with Crippen LogP contribution in [0.2, 0.25) is 0 Å². The fourth-order valence-corrected chi connectivity index (χ4v) is 1.10. The molecular formula is C10H8O3. The fraction of sp³-hybridized carbons (Fsp3) is 0.100. The summed E-state index contributed by atoms with van der Waals surface area (Å²) in [7, 11) is 0. The second kappa shape index (κ2) is 3.31. The van der Waals surface area contributed by atoms with E-state index in [0.717, 1.165) is 5.56 Å². The van der Waals surface area contributed by atoms with Crippen molar-refractivity contribution in [2.24, 2.45) is 0 Å². The summed E-state index contributed by atoms with van der Waals surface area (Å²) in [5, 5.41) is 0. The number of carbonyl (C=O) groups is 1. The molecule has 2 aromatic heterocycles. The Kier molecular flexibility index (Phi) is 2.00. The molecule has 0 aliphatic heterocycles. The first-order valence-corrected chi connectivity index (χ1v) is 3.94. The highest BCUT2D eigenvalue weighted by molar-refractivity contribution is 5.94. The standard InChI is InChI=1S/C10H8O3/c11-9(10-2-1-4-13-10)6-8-3-5-12-7-8/h1-5,7H,6H2. The molecule has 0 amide bonds. The predicted molar refractivity (Wildman–Crippen MR) is 45.5 cm³/mol. The molecule has 0 radical (unpaired) electrons. The highest BCUT2D eigenvalue weighted by Gasteiger charge is 2.09. The van der Waals surface area contributed by atoms with Crippen molar-refractivity contribution in [3.8, 4) is 0 Å². The van der Waals surface area contributed by atoms with Crippen molar-refractivity contribution in [2.45, 2.75) is 6.42 Å². The number of ketones is 1. The van der Waals surface area contributed by atoms with E-state index >= 15 is 0 Å². The molecule has 66 valence electrons. The summed E-state index contributed by atoms with van der Waals surface area (Å²) < 4.78 is 9.81. The van der Waals surface area contributed by atoms with Gasteiger partial charge in [-0.2, -0.15) is 0 Å². The van der Waals surface area contributed by atoms with E-state index in [0.29, 0.717) is 12.2 Å². The quantitative estimate of drug-likeness (QED) is 0.674. The molecule has 0 saturated heterocycles. The Morgan fingerprint density at radius 2 is 2.23 bits per heavy atom. The summed E-state index contributed by atoms with van der Waals surface area (Å²) in [6.07, 6.45) is 4.91. The maximum Gasteiger partial charge on any atom is 0.202 e. The molecule has 3 nitrogen and oxygen atoms in total. The van der Waals surface area contributed by atoms with Gasteiger partial charge in [0.15, 0.2) is 5.76 Å². The third-order valence-corrected chi connectivity index (χ3v) is 1.74. The Morgan fingerprint density at radius 3 is 2.85 bits per heavy atom. The van der Waals surface area contributed by atoms with E-state index in [9.17, 15) is 4.79 Å². The van der Waals surface area contributed by atoms with Gasteiger partial charge in [-0.25, -0.2) is 0 Å². The van der Waals surface area contributed by atoms with Crippen LogP contribution in [0.1, 0.15) is 16.1 Å². The zero-order valence-corrected chi connectivity index (χ0v) is 6.90. The summed E-state index contributed by atoms with van der Waals surface area (Å²) in [4.78, 5) is 11.4. The molecule has 0 bridgehead atoms. The maximum atomic E-state index is 11.4. The predicted octanol–water partition coefficient (Wildman–Crippen LogP) is 2.30. The molecule has 13 heavy (non-hydrogen) atoms. The summed E-state index contributed by atoms with van der Waals surface area (Å²) in [5.74, 6) is 0.354. The van der Waals surface area contributed by atoms with E-state index in [4.69, 9.17) is 8.83 Å². The number of Topliss-reactive ketones (excluding diaryl/α,β-unsaturated/α-hetero) is 1. The van der Waals surface area contributed by atoms with Crippen molar-refractivity contribution in [1.82, 2.24) is 0 Å². The van der Waals surface area contributed by atoms with E-state index < -0.39 is 0 Å². The topological polar surface area (TPSA) is 43.4 Å². The second-order valence-corrected chi connectivity index (χ2v) is 2.71. The largest absolute Gasteiger partial charge is 0.472 e. The average Bonchev–Trinajstić information content (AvgIpc) is 2.74. The smallest absolute Gasteiger partial charge is 0.202 e. The van der Waals surface area contributed by atoms with Gasteiger partial charge in [0.25, 0.3) is 0 Å². The molecule has 0 unspecified atom stereocenters. The summed E-state index contributed by atoms with van der Waals surface area (Å²) >= 11 is 0. The highest BCUT2D eigenvalue weighted by atomic mass is 16.3. The maximum absolute atomic E-state index is 11.4. The van der Waals surface area contributed by atoms with E-state index in [-0.39, 0.29) is 5.78 Å². The molecule has 0 N–H and O–H groups in total. The molecule has 2 aromatic rings. The number of hydrogen-bond acceptors (Lipinski definition) is 3. The lowest BCUT2D eigenvalue weighted by Crippen LogP contribution is -2.00. The molecular weight excluding hydrogens is 168 g/mol. The van der Waals surface area contributed by atoms with Gasteiger partial charge in [-0.3, -0.25) is 4.79 Å². The molecule has 0 spiro atoms. The molecule has 0 aliphatic carbocycles. The Morgan fingerprint density at radius 1 is 1.31 bits per heavy atom. The van der Waals surface area contributed by atoms with Gasteiger partial charge in [-0.05, 0) is 23.8 Å². The minimum absolute atomic E-state index is 0.0357. The van der Waals surface area contributed by atoms with E-state index in [2.05, 4.69) is 0 Å². The molecule has 2 heterocycles. The molecule has 0 aliphatic rings.